The molecular weight excluding hydrogens is 378 g/mol. The summed E-state index contributed by atoms with van der Waals surface area (Å²) in [5.41, 5.74) is 13.5. The highest BCUT2D eigenvalue weighted by Gasteiger charge is 2.47. The van der Waals surface area contributed by atoms with E-state index in [1.807, 2.05) is 13.0 Å². The summed E-state index contributed by atoms with van der Waals surface area (Å²) in [4.78, 5) is 19.7. The number of hydrogen-bond acceptors (Lipinski definition) is 6. The van der Waals surface area contributed by atoms with Crippen LogP contribution >= 0.6 is 11.6 Å². The lowest BCUT2D eigenvalue weighted by molar-refractivity contribution is 0.0973. The number of benzene rings is 1. The molecule has 4 rings (SSSR count). The lowest BCUT2D eigenvalue weighted by atomic mass is 9.73. The highest BCUT2D eigenvalue weighted by molar-refractivity contribution is 6.30. The molecule has 2 aromatic rings. The molecule has 1 aromatic heterocycles. The van der Waals surface area contributed by atoms with Crippen molar-refractivity contribution in [1.82, 2.24) is 9.55 Å². The molecule has 0 amide bonds. The van der Waals surface area contributed by atoms with E-state index in [1.165, 1.54) is 0 Å². The van der Waals surface area contributed by atoms with E-state index in [0.717, 1.165) is 25.9 Å². The van der Waals surface area contributed by atoms with E-state index in [4.69, 9.17) is 27.8 Å². The number of anilines is 2. The number of halogens is 1. The fraction of sp³-hybridized carbons (Fsp3) is 0.500. The average Bonchev–Trinajstić information content (AvgIpc) is 2.94. The maximum absolute atomic E-state index is 13.0. The normalized spacial score (nSPS) is 24.1. The van der Waals surface area contributed by atoms with Gasteiger partial charge in [-0.05, 0) is 37.5 Å². The monoisotopic (exact) mass is 403 g/mol. The van der Waals surface area contributed by atoms with Gasteiger partial charge in [-0.1, -0.05) is 23.7 Å². The van der Waals surface area contributed by atoms with Gasteiger partial charge in [-0.25, -0.2) is 0 Å². The summed E-state index contributed by atoms with van der Waals surface area (Å²) in [6.07, 6.45) is 1.90. The zero-order valence-electron chi connectivity index (χ0n) is 16.2. The van der Waals surface area contributed by atoms with Crippen LogP contribution in [0.3, 0.4) is 0 Å². The minimum Gasteiger partial charge on any atom is -0.383 e. The second-order valence-corrected chi connectivity index (χ2v) is 8.37. The largest absolute Gasteiger partial charge is 0.383 e. The molecule has 7 nitrogen and oxygen atoms in total. The molecule has 1 aromatic carbocycles. The molecule has 2 aliphatic heterocycles. The second kappa shape index (κ2) is 7.06. The number of nitrogens with zero attached hydrogens (tertiary/aromatic N) is 3. The van der Waals surface area contributed by atoms with Crippen molar-refractivity contribution in [2.24, 2.45) is 18.2 Å². The van der Waals surface area contributed by atoms with E-state index in [9.17, 15) is 4.79 Å². The molecule has 8 heteroatoms. The first-order valence-corrected chi connectivity index (χ1v) is 9.95. The number of ether oxygens (including phenoxy) is 1. The molecule has 4 N–H and O–H groups in total. The van der Waals surface area contributed by atoms with Crippen molar-refractivity contribution in [3.05, 3.63) is 39.6 Å². The van der Waals surface area contributed by atoms with Crippen molar-refractivity contribution >= 4 is 23.4 Å². The molecule has 28 heavy (non-hydrogen) atoms. The van der Waals surface area contributed by atoms with E-state index in [2.05, 4.69) is 9.88 Å². The third-order valence-corrected chi connectivity index (χ3v) is 6.53. The summed E-state index contributed by atoms with van der Waals surface area (Å²) in [6, 6.07) is 7.14. The summed E-state index contributed by atoms with van der Waals surface area (Å²) < 4.78 is 7.36. The minimum atomic E-state index is -0.181. The summed E-state index contributed by atoms with van der Waals surface area (Å²) in [5.74, 6) is 0.804. The maximum atomic E-state index is 13.0. The summed E-state index contributed by atoms with van der Waals surface area (Å²) >= 11 is 6.07. The van der Waals surface area contributed by atoms with Crippen LogP contribution in [0.1, 0.15) is 19.8 Å². The first kappa shape index (κ1) is 19.2. The van der Waals surface area contributed by atoms with Gasteiger partial charge in [-0.2, -0.15) is 4.98 Å². The average molecular weight is 404 g/mol. The van der Waals surface area contributed by atoms with Gasteiger partial charge >= 0.3 is 0 Å². The lowest BCUT2D eigenvalue weighted by Crippen LogP contribution is -2.51. The Kier molecular flexibility index (Phi) is 4.85. The van der Waals surface area contributed by atoms with Gasteiger partial charge in [0, 0.05) is 36.6 Å². The Morgan fingerprint density at radius 2 is 2.04 bits per heavy atom. The fourth-order valence-corrected chi connectivity index (χ4v) is 4.62. The van der Waals surface area contributed by atoms with E-state index < -0.39 is 0 Å². The Balaban J connectivity index is 1.63. The first-order chi connectivity index (χ1) is 13.3. The van der Waals surface area contributed by atoms with Crippen molar-refractivity contribution in [2.45, 2.75) is 31.9 Å². The van der Waals surface area contributed by atoms with E-state index in [-0.39, 0.29) is 28.9 Å². The third kappa shape index (κ3) is 3.07. The standard InChI is InChI=1S/C20H26ClN5O2/c1-12-16(22)20(11-28-12)6-8-26(9-7-20)19-24-17(23)15(18(27)25(19)2)13-4-3-5-14(21)10-13/h3-5,10,12,16H,6-9,11,22-23H2,1-2H3/t12-,16+/m0/s1. The highest BCUT2D eigenvalue weighted by atomic mass is 35.5. The topological polar surface area (TPSA) is 99.4 Å². The number of nitrogen functional groups attached to an aromatic ring is 1. The van der Waals surface area contributed by atoms with Crippen molar-refractivity contribution < 1.29 is 4.74 Å². The minimum absolute atomic E-state index is 0.0149. The lowest BCUT2D eigenvalue weighted by Gasteiger charge is -2.41. The van der Waals surface area contributed by atoms with Gasteiger partial charge in [-0.15, -0.1) is 0 Å². The van der Waals surface area contributed by atoms with Crippen LogP contribution in [0, 0.1) is 5.41 Å². The molecular formula is C20H26ClN5O2. The molecule has 1 spiro atoms. The maximum Gasteiger partial charge on any atom is 0.264 e. The van der Waals surface area contributed by atoms with Crippen molar-refractivity contribution in [2.75, 3.05) is 30.3 Å². The van der Waals surface area contributed by atoms with Gasteiger partial charge in [0.05, 0.1) is 18.3 Å². The van der Waals surface area contributed by atoms with Gasteiger partial charge in [0.15, 0.2) is 0 Å². The second-order valence-electron chi connectivity index (χ2n) is 7.94. The highest BCUT2D eigenvalue weighted by Crippen LogP contribution is 2.41. The summed E-state index contributed by atoms with van der Waals surface area (Å²) in [6.45, 7) is 4.26. The van der Waals surface area contributed by atoms with Crippen molar-refractivity contribution in [3.63, 3.8) is 0 Å². The fourth-order valence-electron chi connectivity index (χ4n) is 4.43. The van der Waals surface area contributed by atoms with Gasteiger partial charge in [0.2, 0.25) is 5.95 Å². The quantitative estimate of drug-likeness (QED) is 0.795. The van der Waals surface area contributed by atoms with Crippen LogP contribution in [0.2, 0.25) is 5.02 Å². The van der Waals surface area contributed by atoms with Crippen LogP contribution in [-0.4, -0.2) is 41.4 Å². The molecule has 150 valence electrons. The smallest absolute Gasteiger partial charge is 0.264 e. The molecule has 0 radical (unpaired) electrons. The SMILES string of the molecule is C[C@@H]1OCC2(CCN(c3nc(N)c(-c4cccc(Cl)c4)c(=O)n3C)CC2)[C@@H]1N. The molecule has 2 atom stereocenters. The number of aromatic nitrogens is 2. The van der Waals surface area contributed by atoms with E-state index in [0.29, 0.717) is 28.7 Å². The number of rotatable bonds is 2. The zero-order chi connectivity index (χ0) is 20.1. The van der Waals surface area contributed by atoms with E-state index in [1.54, 1.807) is 29.8 Å². The molecule has 0 aliphatic carbocycles. The van der Waals surface area contributed by atoms with Crippen LogP contribution in [0.4, 0.5) is 11.8 Å². The molecule has 0 bridgehead atoms. The Labute approximate surface area is 169 Å². The van der Waals surface area contributed by atoms with Gasteiger partial charge < -0.3 is 21.1 Å². The Morgan fingerprint density at radius 3 is 2.64 bits per heavy atom. The number of hydrogen-bond donors (Lipinski definition) is 2. The third-order valence-electron chi connectivity index (χ3n) is 6.30. The van der Waals surface area contributed by atoms with Crippen LogP contribution < -0.4 is 21.9 Å². The molecule has 0 saturated carbocycles. The predicted octanol–water partition coefficient (Wildman–Crippen LogP) is 2.02. The Bertz CT molecular complexity index is 952. The molecule has 0 unspecified atom stereocenters. The van der Waals surface area contributed by atoms with Gasteiger partial charge in [-0.3, -0.25) is 9.36 Å². The van der Waals surface area contributed by atoms with Crippen LogP contribution in [0.5, 0.6) is 0 Å². The number of piperidine rings is 1. The predicted molar refractivity (Wildman–Crippen MR) is 112 cm³/mol. The molecule has 2 saturated heterocycles. The van der Waals surface area contributed by atoms with Crippen molar-refractivity contribution in [1.29, 1.82) is 0 Å². The Hall–Kier alpha value is -2.09. The molecule has 2 fully saturated rings. The zero-order valence-corrected chi connectivity index (χ0v) is 16.9. The van der Waals surface area contributed by atoms with Gasteiger partial charge in [0.25, 0.3) is 5.56 Å². The van der Waals surface area contributed by atoms with Crippen LogP contribution in [-0.2, 0) is 11.8 Å². The number of nitrogens with two attached hydrogens (primary N) is 2. The first-order valence-electron chi connectivity index (χ1n) is 9.57. The van der Waals surface area contributed by atoms with Crippen molar-refractivity contribution in [3.8, 4) is 11.1 Å². The van der Waals surface area contributed by atoms with Gasteiger partial charge in [0.1, 0.15) is 5.82 Å². The Morgan fingerprint density at radius 1 is 1.32 bits per heavy atom. The summed E-state index contributed by atoms with van der Waals surface area (Å²) in [5, 5.41) is 0.550. The van der Waals surface area contributed by atoms with Crippen LogP contribution in [0.15, 0.2) is 29.1 Å². The summed E-state index contributed by atoms with van der Waals surface area (Å²) in [7, 11) is 1.73. The van der Waals surface area contributed by atoms with E-state index >= 15 is 0 Å². The molecule has 2 aliphatic rings. The van der Waals surface area contributed by atoms with Crippen LogP contribution in [0.25, 0.3) is 11.1 Å². The molecule has 3 heterocycles.